The van der Waals surface area contributed by atoms with E-state index < -0.39 is 10.7 Å². The van der Waals surface area contributed by atoms with Gasteiger partial charge in [0.25, 0.3) is 5.69 Å². The third-order valence-electron chi connectivity index (χ3n) is 4.15. The Morgan fingerprint density at radius 2 is 2.11 bits per heavy atom. The molecule has 0 radical (unpaired) electrons. The molecule has 2 bridgehead atoms. The van der Waals surface area contributed by atoms with Crippen LogP contribution >= 0.6 is 0 Å². The summed E-state index contributed by atoms with van der Waals surface area (Å²) in [6.45, 7) is 3.15. The number of benzene rings is 1. The quantitative estimate of drug-likeness (QED) is 0.672. The highest BCUT2D eigenvalue weighted by Crippen LogP contribution is 2.32. The van der Waals surface area contributed by atoms with Crippen LogP contribution in [0, 0.1) is 21.8 Å². The van der Waals surface area contributed by atoms with Gasteiger partial charge in [0.2, 0.25) is 0 Å². The van der Waals surface area contributed by atoms with Crippen LogP contribution in [0.25, 0.3) is 0 Å². The predicted octanol–water partition coefficient (Wildman–Crippen LogP) is 2.24. The van der Waals surface area contributed by atoms with Gasteiger partial charge in [-0.2, -0.15) is 0 Å². The summed E-state index contributed by atoms with van der Waals surface area (Å²) in [5, 5.41) is 14.2. The first-order valence-electron chi connectivity index (χ1n) is 6.56. The summed E-state index contributed by atoms with van der Waals surface area (Å²) in [5.41, 5.74) is 0.238. The number of fused-ring (bicyclic) bond motifs is 3. The highest BCUT2D eigenvalue weighted by Gasteiger charge is 2.34. The summed E-state index contributed by atoms with van der Waals surface area (Å²) in [6, 6.07) is 3.93. The maximum absolute atomic E-state index is 13.1. The predicted molar refractivity (Wildman–Crippen MR) is 69.6 cm³/mol. The molecule has 3 aliphatic rings. The summed E-state index contributed by atoms with van der Waals surface area (Å²) in [7, 11) is 0. The number of nitro benzene ring substituents is 1. The molecule has 3 heterocycles. The number of rotatable bonds is 3. The van der Waals surface area contributed by atoms with Crippen LogP contribution in [0.5, 0.6) is 0 Å². The van der Waals surface area contributed by atoms with Crippen molar-refractivity contribution < 1.29 is 9.31 Å². The molecule has 3 fully saturated rings. The van der Waals surface area contributed by atoms with Crippen LogP contribution in [0.2, 0.25) is 0 Å². The molecule has 1 aromatic carbocycles. The van der Waals surface area contributed by atoms with Crippen molar-refractivity contribution in [1.82, 2.24) is 4.90 Å². The van der Waals surface area contributed by atoms with Crippen molar-refractivity contribution in [3.63, 3.8) is 0 Å². The molecule has 0 aliphatic carbocycles. The van der Waals surface area contributed by atoms with Gasteiger partial charge in [-0.15, -0.1) is 0 Å². The largest absolute Gasteiger partial charge is 0.375 e. The van der Waals surface area contributed by atoms with E-state index in [1.54, 1.807) is 0 Å². The van der Waals surface area contributed by atoms with E-state index in [0.29, 0.717) is 11.6 Å². The van der Waals surface area contributed by atoms with Gasteiger partial charge >= 0.3 is 0 Å². The van der Waals surface area contributed by atoms with Crippen LogP contribution in [0.15, 0.2) is 18.2 Å². The zero-order valence-corrected chi connectivity index (χ0v) is 10.5. The number of nitrogens with zero attached hydrogens (tertiary/aromatic N) is 2. The van der Waals surface area contributed by atoms with Crippen LogP contribution < -0.4 is 5.32 Å². The Labute approximate surface area is 110 Å². The molecule has 5 nitrogen and oxygen atoms in total. The van der Waals surface area contributed by atoms with Gasteiger partial charge in [-0.3, -0.25) is 10.1 Å². The van der Waals surface area contributed by atoms with E-state index >= 15 is 0 Å². The Bertz CT molecular complexity index is 501. The van der Waals surface area contributed by atoms with Gasteiger partial charge < -0.3 is 10.2 Å². The van der Waals surface area contributed by atoms with E-state index in [2.05, 4.69) is 10.2 Å². The highest BCUT2D eigenvalue weighted by atomic mass is 19.1. The van der Waals surface area contributed by atoms with Gasteiger partial charge in [0.15, 0.2) is 0 Å². The van der Waals surface area contributed by atoms with Crippen LogP contribution in [-0.4, -0.2) is 35.5 Å². The minimum atomic E-state index is -0.578. The van der Waals surface area contributed by atoms with Crippen molar-refractivity contribution in [2.24, 2.45) is 5.92 Å². The van der Waals surface area contributed by atoms with Crippen molar-refractivity contribution in [3.05, 3.63) is 34.1 Å². The van der Waals surface area contributed by atoms with Crippen LogP contribution in [-0.2, 0) is 0 Å². The van der Waals surface area contributed by atoms with E-state index in [-0.39, 0.29) is 11.7 Å². The average Bonchev–Trinajstić information content (AvgIpc) is 2.42. The van der Waals surface area contributed by atoms with Gasteiger partial charge in [-0.25, -0.2) is 4.39 Å². The molecule has 102 valence electrons. The van der Waals surface area contributed by atoms with Crippen molar-refractivity contribution >= 4 is 11.4 Å². The summed E-state index contributed by atoms with van der Waals surface area (Å²) in [4.78, 5) is 12.8. The zero-order valence-electron chi connectivity index (χ0n) is 10.5. The zero-order chi connectivity index (χ0) is 13.4. The fourth-order valence-electron chi connectivity index (χ4n) is 3.11. The second kappa shape index (κ2) is 4.77. The van der Waals surface area contributed by atoms with Crippen LogP contribution in [0.4, 0.5) is 15.8 Å². The molecule has 4 rings (SSSR count). The number of nitrogens with one attached hydrogen (secondary N) is 1. The minimum absolute atomic E-state index is 0.184. The minimum Gasteiger partial charge on any atom is -0.375 e. The smallest absolute Gasteiger partial charge is 0.295 e. The second-order valence-corrected chi connectivity index (χ2v) is 5.31. The molecule has 3 saturated heterocycles. The Hall–Kier alpha value is -1.69. The topological polar surface area (TPSA) is 58.4 Å². The molecule has 0 spiro atoms. The molecule has 0 saturated carbocycles. The van der Waals surface area contributed by atoms with E-state index in [1.807, 2.05) is 0 Å². The van der Waals surface area contributed by atoms with E-state index in [1.165, 1.54) is 12.1 Å². The molecule has 6 heteroatoms. The van der Waals surface area contributed by atoms with Crippen molar-refractivity contribution in [3.8, 4) is 0 Å². The Morgan fingerprint density at radius 3 is 2.68 bits per heavy atom. The molecule has 0 unspecified atom stereocenters. The van der Waals surface area contributed by atoms with E-state index in [0.717, 1.165) is 38.5 Å². The lowest BCUT2D eigenvalue weighted by Crippen LogP contribution is -2.53. The third-order valence-corrected chi connectivity index (χ3v) is 4.15. The highest BCUT2D eigenvalue weighted by molar-refractivity contribution is 5.62. The number of halogens is 1. The fraction of sp³-hybridized carbons (Fsp3) is 0.538. The van der Waals surface area contributed by atoms with Gasteiger partial charge in [-0.1, -0.05) is 0 Å². The Balaban J connectivity index is 1.81. The number of hydrogen-bond acceptors (Lipinski definition) is 4. The number of anilines is 1. The Morgan fingerprint density at radius 1 is 1.37 bits per heavy atom. The van der Waals surface area contributed by atoms with E-state index in [9.17, 15) is 14.5 Å². The van der Waals surface area contributed by atoms with Crippen LogP contribution in [0.3, 0.4) is 0 Å². The maximum atomic E-state index is 13.1. The van der Waals surface area contributed by atoms with E-state index in [4.69, 9.17) is 0 Å². The van der Waals surface area contributed by atoms with Gasteiger partial charge in [0, 0.05) is 12.6 Å². The first-order chi connectivity index (χ1) is 9.13. The molecule has 1 aromatic rings. The standard InChI is InChI=1S/C13H16FN3O2/c14-10-1-2-11(13(7-10)17(18)19)15-12-8-16-5-3-9(12)4-6-16/h1-2,7,9,12,15H,3-6,8H2/t12-/m0/s1. The molecular weight excluding hydrogens is 249 g/mol. The van der Waals surface area contributed by atoms with Crippen molar-refractivity contribution in [2.75, 3.05) is 25.0 Å². The lowest BCUT2D eigenvalue weighted by Gasteiger charge is -2.45. The molecule has 1 N–H and O–H groups in total. The van der Waals surface area contributed by atoms with Crippen molar-refractivity contribution in [2.45, 2.75) is 18.9 Å². The van der Waals surface area contributed by atoms with Crippen molar-refractivity contribution in [1.29, 1.82) is 0 Å². The lowest BCUT2D eigenvalue weighted by molar-refractivity contribution is -0.384. The Kier molecular flexibility index (Phi) is 3.10. The third kappa shape index (κ3) is 2.40. The average molecular weight is 265 g/mol. The molecule has 3 aliphatic heterocycles. The number of piperidine rings is 3. The summed E-state index contributed by atoms with van der Waals surface area (Å²) in [6.07, 6.45) is 2.26. The fourth-order valence-corrected chi connectivity index (χ4v) is 3.11. The number of hydrogen-bond donors (Lipinski definition) is 1. The summed E-state index contributed by atoms with van der Waals surface area (Å²) >= 11 is 0. The lowest BCUT2D eigenvalue weighted by atomic mass is 9.84. The van der Waals surface area contributed by atoms with Crippen LogP contribution in [0.1, 0.15) is 12.8 Å². The maximum Gasteiger partial charge on any atom is 0.295 e. The first-order valence-corrected chi connectivity index (χ1v) is 6.56. The monoisotopic (exact) mass is 265 g/mol. The van der Waals surface area contributed by atoms with Gasteiger partial charge in [0.05, 0.1) is 11.0 Å². The SMILES string of the molecule is O=[N+]([O-])c1cc(F)ccc1N[C@H]1CN2CCC1CC2. The first kappa shape index (κ1) is 12.3. The number of nitro groups is 1. The molecule has 0 aromatic heterocycles. The molecule has 0 amide bonds. The second-order valence-electron chi connectivity index (χ2n) is 5.31. The normalized spacial score (nSPS) is 29.2. The molecular formula is C13H16FN3O2. The summed E-state index contributed by atoms with van der Waals surface area (Å²) < 4.78 is 13.1. The molecule has 1 atom stereocenters. The molecule has 19 heavy (non-hydrogen) atoms. The van der Waals surface area contributed by atoms with Gasteiger partial charge in [-0.05, 0) is 44.0 Å². The summed E-state index contributed by atoms with van der Waals surface area (Å²) in [5.74, 6) is -0.0131. The van der Waals surface area contributed by atoms with Gasteiger partial charge in [0.1, 0.15) is 11.5 Å².